The summed E-state index contributed by atoms with van der Waals surface area (Å²) in [6.45, 7) is 1.83. The number of fused-ring (bicyclic) bond motifs is 1. The van der Waals surface area contributed by atoms with Crippen molar-refractivity contribution in [3.63, 3.8) is 0 Å². The molecule has 1 saturated carbocycles. The fraction of sp³-hybridized carbons (Fsp3) is 0.391. The molecule has 0 radical (unpaired) electrons. The molecule has 4 rings (SSSR count). The van der Waals surface area contributed by atoms with E-state index in [-0.39, 0.29) is 24.3 Å². The highest BCUT2D eigenvalue weighted by atomic mass is 79.9. The first-order valence-corrected chi connectivity index (χ1v) is 11.3. The number of carbonyl (C=O) groups excluding carboxylic acids is 1. The highest BCUT2D eigenvalue weighted by Gasteiger charge is 2.30. The minimum atomic E-state index is -0.662. The van der Waals surface area contributed by atoms with E-state index in [1.54, 1.807) is 12.1 Å². The van der Waals surface area contributed by atoms with Gasteiger partial charge in [0.25, 0.3) is 0 Å². The van der Waals surface area contributed by atoms with Crippen LogP contribution in [0.3, 0.4) is 0 Å². The van der Waals surface area contributed by atoms with Crippen LogP contribution in [0.15, 0.2) is 46.9 Å². The second kappa shape index (κ2) is 8.96. The Kier molecular flexibility index (Phi) is 6.29. The first kappa shape index (κ1) is 21.8. The number of nitrogens with one attached hydrogen (secondary N) is 3. The number of urea groups is 1. The molecular formula is C23H26BrFN4O2. The smallest absolute Gasteiger partial charge is 0.315 e. The van der Waals surface area contributed by atoms with Gasteiger partial charge in [0, 0.05) is 16.9 Å². The molecule has 0 bridgehead atoms. The third kappa shape index (κ3) is 5.43. The first-order chi connectivity index (χ1) is 14.8. The van der Waals surface area contributed by atoms with Crippen LogP contribution < -0.4 is 10.6 Å². The number of halogens is 2. The van der Waals surface area contributed by atoms with E-state index in [1.807, 2.05) is 31.2 Å². The number of benzene rings is 2. The lowest BCUT2D eigenvalue weighted by molar-refractivity contribution is 0.0151. The summed E-state index contributed by atoms with van der Waals surface area (Å²) in [5, 5.41) is 16.1. The summed E-state index contributed by atoms with van der Waals surface area (Å²) in [5.74, 6) is 0.234. The van der Waals surface area contributed by atoms with E-state index in [9.17, 15) is 14.3 Å². The van der Waals surface area contributed by atoms with Crippen molar-refractivity contribution in [1.82, 2.24) is 20.6 Å². The minimum absolute atomic E-state index is 0.000894. The maximum absolute atomic E-state index is 14.5. The van der Waals surface area contributed by atoms with Crippen molar-refractivity contribution >= 4 is 33.0 Å². The van der Waals surface area contributed by atoms with Gasteiger partial charge in [0.1, 0.15) is 11.6 Å². The zero-order valence-corrected chi connectivity index (χ0v) is 18.9. The van der Waals surface area contributed by atoms with Gasteiger partial charge in [-0.3, -0.25) is 0 Å². The average molecular weight is 489 g/mol. The van der Waals surface area contributed by atoms with Crippen LogP contribution in [0.2, 0.25) is 0 Å². The zero-order chi connectivity index (χ0) is 22.0. The number of aliphatic hydroxyl groups is 1. The van der Waals surface area contributed by atoms with E-state index in [1.165, 1.54) is 6.07 Å². The van der Waals surface area contributed by atoms with Crippen molar-refractivity contribution in [3.8, 4) is 0 Å². The summed E-state index contributed by atoms with van der Waals surface area (Å²) >= 11 is 3.28. The second-order valence-electron chi connectivity index (χ2n) is 8.52. The molecule has 1 aliphatic rings. The predicted octanol–water partition coefficient (Wildman–Crippen LogP) is 4.74. The number of imidazole rings is 1. The summed E-state index contributed by atoms with van der Waals surface area (Å²) in [6, 6.07) is 11.7. The fourth-order valence-corrected chi connectivity index (χ4v) is 4.36. The van der Waals surface area contributed by atoms with Crippen LogP contribution in [0, 0.1) is 5.82 Å². The van der Waals surface area contributed by atoms with E-state index in [0.717, 1.165) is 23.9 Å². The summed E-state index contributed by atoms with van der Waals surface area (Å²) < 4.78 is 15.2. The molecule has 2 aromatic carbocycles. The SMILES string of the molecule is CC1(O)CCC(NC(=O)NC(Cc2ccc(Br)cc2F)c2nc3ccccc3[nH]2)CC1. The van der Waals surface area contributed by atoms with Gasteiger partial charge in [0.05, 0.1) is 22.7 Å². The summed E-state index contributed by atoms with van der Waals surface area (Å²) in [5.41, 5.74) is 1.47. The molecule has 1 heterocycles. The Morgan fingerprint density at radius 2 is 2.06 bits per heavy atom. The quantitative estimate of drug-likeness (QED) is 0.418. The maximum Gasteiger partial charge on any atom is 0.315 e. The molecule has 6 nitrogen and oxygen atoms in total. The molecule has 1 aliphatic carbocycles. The van der Waals surface area contributed by atoms with Crippen LogP contribution in [0.1, 0.15) is 50.0 Å². The fourth-order valence-electron chi connectivity index (χ4n) is 4.03. The van der Waals surface area contributed by atoms with Gasteiger partial charge in [-0.25, -0.2) is 14.2 Å². The number of nitrogens with zero attached hydrogens (tertiary/aromatic N) is 1. The Morgan fingerprint density at radius 1 is 1.32 bits per heavy atom. The van der Waals surface area contributed by atoms with Gasteiger partial charge < -0.3 is 20.7 Å². The van der Waals surface area contributed by atoms with Crippen LogP contribution in [0.4, 0.5) is 9.18 Å². The number of aromatic nitrogens is 2. The maximum atomic E-state index is 14.5. The number of H-pyrrole nitrogens is 1. The van der Waals surface area contributed by atoms with Crippen LogP contribution in [-0.2, 0) is 6.42 Å². The van der Waals surface area contributed by atoms with Gasteiger partial charge in [-0.2, -0.15) is 0 Å². The zero-order valence-electron chi connectivity index (χ0n) is 17.3. The highest BCUT2D eigenvalue weighted by Crippen LogP contribution is 2.28. The second-order valence-corrected chi connectivity index (χ2v) is 9.44. The van der Waals surface area contributed by atoms with Gasteiger partial charge in [-0.05, 0) is 62.4 Å². The van der Waals surface area contributed by atoms with E-state index >= 15 is 0 Å². The Morgan fingerprint density at radius 3 is 2.77 bits per heavy atom. The third-order valence-electron chi connectivity index (χ3n) is 5.88. The molecule has 8 heteroatoms. The Bertz CT molecular complexity index is 1040. The number of rotatable bonds is 5. The molecule has 164 valence electrons. The molecule has 4 N–H and O–H groups in total. The summed E-state index contributed by atoms with van der Waals surface area (Å²) in [6.07, 6.45) is 2.99. The normalized spacial score (nSPS) is 22.3. The number of amides is 2. The molecule has 1 atom stereocenters. The Hall–Kier alpha value is -2.45. The van der Waals surface area contributed by atoms with E-state index in [0.29, 0.717) is 28.7 Å². The molecular weight excluding hydrogens is 463 g/mol. The van der Waals surface area contributed by atoms with Crippen molar-refractivity contribution < 1.29 is 14.3 Å². The van der Waals surface area contributed by atoms with E-state index in [2.05, 4.69) is 36.5 Å². The van der Waals surface area contributed by atoms with Crippen LogP contribution in [-0.4, -0.2) is 32.7 Å². The first-order valence-electron chi connectivity index (χ1n) is 10.5. The Balaban J connectivity index is 1.52. The van der Waals surface area contributed by atoms with Crippen molar-refractivity contribution in [2.75, 3.05) is 0 Å². The molecule has 1 aromatic heterocycles. The van der Waals surface area contributed by atoms with Crippen LogP contribution in [0.25, 0.3) is 11.0 Å². The Labute approximate surface area is 188 Å². The average Bonchev–Trinajstić information content (AvgIpc) is 3.15. The van der Waals surface area contributed by atoms with Crippen molar-refractivity contribution in [1.29, 1.82) is 0 Å². The van der Waals surface area contributed by atoms with E-state index in [4.69, 9.17) is 0 Å². The van der Waals surface area contributed by atoms with Gasteiger partial charge in [-0.15, -0.1) is 0 Å². The van der Waals surface area contributed by atoms with Gasteiger partial charge in [-0.1, -0.05) is 34.1 Å². The molecule has 0 spiro atoms. The monoisotopic (exact) mass is 488 g/mol. The highest BCUT2D eigenvalue weighted by molar-refractivity contribution is 9.10. The molecule has 1 unspecified atom stereocenters. The standard InChI is InChI=1S/C23H26BrFN4O2/c1-23(31)10-8-16(9-11-23)26-22(30)29-20(12-14-6-7-15(24)13-17(14)25)21-27-18-4-2-3-5-19(18)28-21/h2-7,13,16,20,31H,8-12H2,1H3,(H,27,28)(H2,26,29,30). The minimum Gasteiger partial charge on any atom is -0.390 e. The molecule has 0 aliphatic heterocycles. The lowest BCUT2D eigenvalue weighted by atomic mass is 9.84. The molecule has 31 heavy (non-hydrogen) atoms. The number of carbonyl (C=O) groups is 1. The predicted molar refractivity (Wildman–Crippen MR) is 121 cm³/mol. The third-order valence-corrected chi connectivity index (χ3v) is 6.37. The number of para-hydroxylation sites is 2. The number of aromatic amines is 1. The lowest BCUT2D eigenvalue weighted by Crippen LogP contribution is -2.47. The lowest BCUT2D eigenvalue weighted by Gasteiger charge is -2.33. The summed E-state index contributed by atoms with van der Waals surface area (Å²) in [4.78, 5) is 20.6. The topological polar surface area (TPSA) is 90.0 Å². The van der Waals surface area contributed by atoms with Crippen molar-refractivity contribution in [2.24, 2.45) is 0 Å². The molecule has 2 amide bonds. The van der Waals surface area contributed by atoms with Crippen LogP contribution >= 0.6 is 15.9 Å². The van der Waals surface area contributed by atoms with Crippen molar-refractivity contribution in [3.05, 3.63) is 64.1 Å². The van der Waals surface area contributed by atoms with E-state index < -0.39 is 11.6 Å². The van der Waals surface area contributed by atoms with Gasteiger partial charge in [0.2, 0.25) is 0 Å². The molecule has 3 aromatic rings. The molecule has 1 fully saturated rings. The summed E-state index contributed by atoms with van der Waals surface area (Å²) in [7, 11) is 0. The molecule has 0 saturated heterocycles. The number of hydrogen-bond acceptors (Lipinski definition) is 3. The van der Waals surface area contributed by atoms with Crippen molar-refractivity contribution in [2.45, 2.75) is 56.7 Å². The van der Waals surface area contributed by atoms with Crippen LogP contribution in [0.5, 0.6) is 0 Å². The largest absolute Gasteiger partial charge is 0.390 e. The van der Waals surface area contributed by atoms with Gasteiger partial charge >= 0.3 is 6.03 Å². The number of hydrogen-bond donors (Lipinski definition) is 4. The van der Waals surface area contributed by atoms with Gasteiger partial charge in [0.15, 0.2) is 0 Å².